The summed E-state index contributed by atoms with van der Waals surface area (Å²) in [5.74, 6) is 0. The van der Waals surface area contributed by atoms with Crippen molar-refractivity contribution in [1.29, 1.82) is 0 Å². The van der Waals surface area contributed by atoms with Crippen molar-refractivity contribution in [2.75, 3.05) is 0 Å². The van der Waals surface area contributed by atoms with E-state index in [0.29, 0.717) is 0 Å². The Morgan fingerprint density at radius 1 is 0.773 bits per heavy atom. The molecule has 1 aliphatic rings. The van der Waals surface area contributed by atoms with Crippen molar-refractivity contribution in [2.45, 2.75) is 6.42 Å². The van der Waals surface area contributed by atoms with Crippen LogP contribution in [0.15, 0.2) is 73.1 Å². The lowest BCUT2D eigenvalue weighted by Gasteiger charge is -2.06. The zero-order valence-electron chi connectivity index (χ0n) is 12.0. The minimum atomic E-state index is 1.01. The molecule has 104 valence electrons. The number of benzene rings is 3. The molecule has 0 aliphatic heterocycles. The van der Waals surface area contributed by atoms with Crippen LogP contribution in [0.2, 0.25) is 0 Å². The molecule has 0 unspecified atom stereocenters. The summed E-state index contributed by atoms with van der Waals surface area (Å²) >= 11 is 0. The molecule has 2 nitrogen and oxygen atoms in total. The highest BCUT2D eigenvalue weighted by atomic mass is 15.0. The molecule has 1 aliphatic carbocycles. The molecule has 3 aromatic carbocycles. The summed E-state index contributed by atoms with van der Waals surface area (Å²) in [6.45, 7) is 0. The van der Waals surface area contributed by atoms with Crippen molar-refractivity contribution in [3.05, 3.63) is 84.2 Å². The maximum absolute atomic E-state index is 4.60. The van der Waals surface area contributed by atoms with E-state index < -0.39 is 0 Å². The van der Waals surface area contributed by atoms with Crippen molar-refractivity contribution >= 4 is 11.0 Å². The number of rotatable bonds is 1. The third-order valence-electron chi connectivity index (χ3n) is 4.50. The van der Waals surface area contributed by atoms with Crippen LogP contribution in [0.1, 0.15) is 11.1 Å². The van der Waals surface area contributed by atoms with E-state index in [9.17, 15) is 0 Å². The van der Waals surface area contributed by atoms with Crippen molar-refractivity contribution in [1.82, 2.24) is 9.55 Å². The molecule has 4 aromatic rings. The van der Waals surface area contributed by atoms with E-state index in [1.807, 2.05) is 12.4 Å². The first kappa shape index (κ1) is 11.8. The molecule has 5 rings (SSSR count). The average molecular weight is 282 g/mol. The van der Waals surface area contributed by atoms with Crippen molar-refractivity contribution < 1.29 is 0 Å². The van der Waals surface area contributed by atoms with Crippen LogP contribution in [0.25, 0.3) is 27.8 Å². The molecule has 0 saturated heterocycles. The number of aromatic nitrogens is 2. The Morgan fingerprint density at radius 3 is 2.50 bits per heavy atom. The third-order valence-corrected chi connectivity index (χ3v) is 4.50. The number of para-hydroxylation sites is 1. The van der Waals surface area contributed by atoms with Gasteiger partial charge in [0.25, 0.3) is 0 Å². The second-order valence-electron chi connectivity index (χ2n) is 5.78. The first-order valence-corrected chi connectivity index (χ1v) is 7.54. The van der Waals surface area contributed by atoms with Crippen LogP contribution in [-0.2, 0) is 6.42 Å². The second-order valence-corrected chi connectivity index (χ2v) is 5.78. The molecule has 0 fully saturated rings. The Kier molecular flexibility index (Phi) is 2.30. The predicted octanol–water partition coefficient (Wildman–Crippen LogP) is 4.60. The van der Waals surface area contributed by atoms with Crippen LogP contribution in [0.4, 0.5) is 0 Å². The van der Waals surface area contributed by atoms with Gasteiger partial charge in [-0.1, -0.05) is 42.5 Å². The van der Waals surface area contributed by atoms with Crippen LogP contribution < -0.4 is 0 Å². The quantitative estimate of drug-likeness (QED) is 0.439. The van der Waals surface area contributed by atoms with Gasteiger partial charge in [-0.2, -0.15) is 0 Å². The molecule has 0 amide bonds. The van der Waals surface area contributed by atoms with E-state index in [1.54, 1.807) is 0 Å². The highest BCUT2D eigenvalue weighted by Crippen LogP contribution is 2.38. The number of hydrogen-bond donors (Lipinski definition) is 0. The van der Waals surface area contributed by atoms with E-state index in [4.69, 9.17) is 0 Å². The maximum Gasteiger partial charge on any atom is 0.100 e. The summed E-state index contributed by atoms with van der Waals surface area (Å²) in [5.41, 5.74) is 8.89. The van der Waals surface area contributed by atoms with Gasteiger partial charge < -0.3 is 0 Å². The maximum atomic E-state index is 4.60. The average Bonchev–Trinajstić information content (AvgIpc) is 3.14. The van der Waals surface area contributed by atoms with Crippen molar-refractivity contribution in [2.24, 2.45) is 0 Å². The normalized spacial score (nSPS) is 12.4. The molecule has 1 heterocycles. The van der Waals surface area contributed by atoms with Gasteiger partial charge in [0.1, 0.15) is 6.33 Å². The Balaban J connectivity index is 1.78. The van der Waals surface area contributed by atoms with Crippen LogP contribution in [0.5, 0.6) is 0 Å². The summed E-state index contributed by atoms with van der Waals surface area (Å²) in [6.07, 6.45) is 2.93. The summed E-state index contributed by atoms with van der Waals surface area (Å²) in [7, 11) is 0. The Hall–Kier alpha value is -2.87. The molecule has 0 saturated carbocycles. The van der Waals surface area contributed by atoms with Crippen LogP contribution in [0.3, 0.4) is 0 Å². The number of fused-ring (bicyclic) bond motifs is 4. The second kappa shape index (κ2) is 4.31. The minimum absolute atomic E-state index is 1.01. The zero-order valence-corrected chi connectivity index (χ0v) is 12.0. The Bertz CT molecular complexity index is 997. The standard InChI is InChI=1S/C20H14N2/c1-2-7-16(8-3-1)22-13-21-19-11-15-10-14-6-4-5-9-17(14)18(15)12-20(19)22/h1-9,11-13H,10H2. The van der Waals surface area contributed by atoms with E-state index in [2.05, 4.69) is 70.2 Å². The fraction of sp³-hybridized carbons (Fsp3) is 0.0500. The lowest BCUT2D eigenvalue weighted by molar-refractivity contribution is 1.09. The zero-order chi connectivity index (χ0) is 14.5. The lowest BCUT2D eigenvalue weighted by Crippen LogP contribution is -1.91. The van der Waals surface area contributed by atoms with Gasteiger partial charge in [0, 0.05) is 5.69 Å². The van der Waals surface area contributed by atoms with Gasteiger partial charge in [-0.15, -0.1) is 0 Å². The molecule has 22 heavy (non-hydrogen) atoms. The topological polar surface area (TPSA) is 17.8 Å². The first-order chi connectivity index (χ1) is 10.9. The molecule has 0 atom stereocenters. The first-order valence-electron chi connectivity index (χ1n) is 7.54. The third kappa shape index (κ3) is 1.58. The number of imidazole rings is 1. The Morgan fingerprint density at radius 2 is 1.59 bits per heavy atom. The number of nitrogens with zero attached hydrogens (tertiary/aromatic N) is 2. The van der Waals surface area contributed by atoms with Crippen LogP contribution >= 0.6 is 0 Å². The smallest absolute Gasteiger partial charge is 0.100 e. The summed E-state index contributed by atoms with van der Waals surface area (Å²) in [6, 6.07) is 23.6. The molecule has 0 spiro atoms. The van der Waals surface area contributed by atoms with Gasteiger partial charge >= 0.3 is 0 Å². The van der Waals surface area contributed by atoms with Crippen LogP contribution in [0, 0.1) is 0 Å². The Labute approximate surface area is 128 Å². The molecule has 0 bridgehead atoms. The fourth-order valence-corrected chi connectivity index (χ4v) is 3.43. The van der Waals surface area contributed by atoms with E-state index in [-0.39, 0.29) is 0 Å². The van der Waals surface area contributed by atoms with Gasteiger partial charge in [-0.05, 0) is 52.9 Å². The highest BCUT2D eigenvalue weighted by Gasteiger charge is 2.19. The molecule has 0 radical (unpaired) electrons. The van der Waals surface area contributed by atoms with Crippen LogP contribution in [-0.4, -0.2) is 9.55 Å². The predicted molar refractivity (Wildman–Crippen MR) is 89.3 cm³/mol. The van der Waals surface area contributed by atoms with Gasteiger partial charge in [-0.25, -0.2) is 4.98 Å². The van der Waals surface area contributed by atoms with Gasteiger partial charge in [-0.3, -0.25) is 4.57 Å². The molecular weight excluding hydrogens is 268 g/mol. The van der Waals surface area contributed by atoms with Gasteiger partial charge in [0.05, 0.1) is 11.0 Å². The van der Waals surface area contributed by atoms with E-state index in [1.165, 1.54) is 27.8 Å². The molecule has 2 heteroatoms. The van der Waals surface area contributed by atoms with E-state index in [0.717, 1.165) is 17.6 Å². The molecule has 0 N–H and O–H groups in total. The SMILES string of the molecule is c1ccc(-n2cnc3cc4c(cc32)-c2ccccc2C4)cc1. The largest absolute Gasteiger partial charge is 0.299 e. The molecule has 1 aromatic heterocycles. The van der Waals surface area contributed by atoms with Crippen molar-refractivity contribution in [3.8, 4) is 16.8 Å². The summed E-state index contributed by atoms with van der Waals surface area (Å²) in [5, 5.41) is 0. The minimum Gasteiger partial charge on any atom is -0.299 e. The van der Waals surface area contributed by atoms with Crippen molar-refractivity contribution in [3.63, 3.8) is 0 Å². The fourth-order valence-electron chi connectivity index (χ4n) is 3.43. The summed E-state index contributed by atoms with van der Waals surface area (Å²) < 4.78 is 2.16. The monoisotopic (exact) mass is 282 g/mol. The van der Waals surface area contributed by atoms with E-state index >= 15 is 0 Å². The number of hydrogen-bond acceptors (Lipinski definition) is 1. The highest BCUT2D eigenvalue weighted by molar-refractivity contribution is 5.89. The lowest BCUT2D eigenvalue weighted by atomic mass is 10.1. The van der Waals surface area contributed by atoms with Gasteiger partial charge in [0.2, 0.25) is 0 Å². The molecular formula is C20H14N2. The van der Waals surface area contributed by atoms with Gasteiger partial charge in [0.15, 0.2) is 0 Å². The summed E-state index contributed by atoms with van der Waals surface area (Å²) in [4.78, 5) is 4.60.